The van der Waals surface area contributed by atoms with Gasteiger partial charge in [0.2, 0.25) is 0 Å². The maximum atomic E-state index is 12.0. The minimum Gasteiger partial charge on any atom is -0.406 e. The fraction of sp³-hybridized carbons (Fsp3) is 0.400. The molecule has 1 aromatic rings. The first kappa shape index (κ1) is 11.2. The second-order valence-electron chi connectivity index (χ2n) is 3.53. The van der Waals surface area contributed by atoms with Crippen molar-refractivity contribution in [3.05, 3.63) is 29.3 Å². The van der Waals surface area contributed by atoms with Gasteiger partial charge in [-0.3, -0.25) is 0 Å². The van der Waals surface area contributed by atoms with Gasteiger partial charge in [-0.15, -0.1) is 13.2 Å². The van der Waals surface area contributed by atoms with E-state index < -0.39 is 6.36 Å². The Kier molecular flexibility index (Phi) is 2.77. The highest BCUT2D eigenvalue weighted by Crippen LogP contribution is 2.29. The minimum atomic E-state index is -4.67. The summed E-state index contributed by atoms with van der Waals surface area (Å²) in [5, 5.41) is 0. The fourth-order valence-corrected chi connectivity index (χ4v) is 1.65. The van der Waals surface area contributed by atoms with Crippen molar-refractivity contribution in [3.8, 4) is 5.75 Å². The van der Waals surface area contributed by atoms with Crippen LogP contribution in [-0.4, -0.2) is 13.0 Å². The van der Waals surface area contributed by atoms with E-state index in [0.717, 1.165) is 5.56 Å². The van der Waals surface area contributed by atoms with Crippen molar-refractivity contribution in [2.24, 2.45) is 5.73 Å². The van der Waals surface area contributed by atoms with E-state index in [1.807, 2.05) is 0 Å². The van der Waals surface area contributed by atoms with E-state index in [1.165, 1.54) is 12.1 Å². The summed E-state index contributed by atoms with van der Waals surface area (Å²) in [5.74, 6) is -0.246. The van der Waals surface area contributed by atoms with Crippen LogP contribution in [0.1, 0.15) is 17.2 Å². The number of halogens is 3. The van der Waals surface area contributed by atoms with Crippen molar-refractivity contribution < 1.29 is 22.6 Å². The van der Waals surface area contributed by atoms with E-state index in [4.69, 9.17) is 10.5 Å². The van der Waals surface area contributed by atoms with Crippen LogP contribution in [0.25, 0.3) is 0 Å². The van der Waals surface area contributed by atoms with Gasteiger partial charge < -0.3 is 15.2 Å². The van der Waals surface area contributed by atoms with Gasteiger partial charge in [-0.25, -0.2) is 0 Å². The van der Waals surface area contributed by atoms with Crippen LogP contribution in [0.5, 0.6) is 5.75 Å². The second kappa shape index (κ2) is 3.95. The molecule has 0 bridgehead atoms. The molecule has 1 heterocycles. The number of ether oxygens (including phenoxy) is 2. The van der Waals surface area contributed by atoms with Crippen LogP contribution < -0.4 is 10.5 Å². The molecular formula is C10H10F3NO2. The summed E-state index contributed by atoms with van der Waals surface area (Å²) in [5.41, 5.74) is 7.18. The molecule has 0 radical (unpaired) electrons. The van der Waals surface area contributed by atoms with Gasteiger partial charge in [0, 0.05) is 0 Å². The van der Waals surface area contributed by atoms with E-state index in [-0.39, 0.29) is 18.4 Å². The van der Waals surface area contributed by atoms with Gasteiger partial charge in [-0.2, -0.15) is 0 Å². The van der Waals surface area contributed by atoms with Crippen LogP contribution in [0.3, 0.4) is 0 Å². The highest BCUT2D eigenvalue weighted by molar-refractivity contribution is 5.38. The standard InChI is InChI=1S/C10H10F3NO2/c11-10(12,13)16-7-1-2-8-6(3-7)4-15-5-9(8)14/h1-3,9H,4-5,14H2/t9-/m0/s1. The molecule has 6 heteroatoms. The molecule has 0 amide bonds. The molecule has 0 unspecified atom stereocenters. The largest absolute Gasteiger partial charge is 0.573 e. The van der Waals surface area contributed by atoms with E-state index >= 15 is 0 Å². The lowest BCUT2D eigenvalue weighted by Gasteiger charge is -2.23. The Hall–Kier alpha value is -1.27. The molecule has 1 aromatic carbocycles. The van der Waals surface area contributed by atoms with Crippen LogP contribution >= 0.6 is 0 Å². The zero-order valence-corrected chi connectivity index (χ0v) is 8.25. The molecule has 0 aliphatic carbocycles. The fourth-order valence-electron chi connectivity index (χ4n) is 1.65. The number of benzene rings is 1. The molecule has 2 N–H and O–H groups in total. The van der Waals surface area contributed by atoms with Crippen molar-refractivity contribution in [1.82, 2.24) is 0 Å². The third-order valence-corrected chi connectivity index (χ3v) is 2.30. The molecule has 1 aliphatic rings. The molecular weight excluding hydrogens is 223 g/mol. The summed E-state index contributed by atoms with van der Waals surface area (Å²) < 4.78 is 44.9. The van der Waals surface area contributed by atoms with Gasteiger partial charge >= 0.3 is 6.36 Å². The van der Waals surface area contributed by atoms with E-state index in [1.54, 1.807) is 6.07 Å². The maximum absolute atomic E-state index is 12.0. The quantitative estimate of drug-likeness (QED) is 0.808. The van der Waals surface area contributed by atoms with Gasteiger partial charge in [0.1, 0.15) is 5.75 Å². The Morgan fingerprint density at radius 1 is 1.38 bits per heavy atom. The van der Waals surface area contributed by atoms with E-state index in [2.05, 4.69) is 4.74 Å². The average molecular weight is 233 g/mol. The number of rotatable bonds is 1. The van der Waals surface area contributed by atoms with Gasteiger partial charge in [-0.05, 0) is 23.3 Å². The van der Waals surface area contributed by atoms with Crippen LogP contribution in [0.4, 0.5) is 13.2 Å². The second-order valence-corrected chi connectivity index (χ2v) is 3.53. The highest BCUT2D eigenvalue weighted by Gasteiger charge is 2.31. The van der Waals surface area contributed by atoms with Gasteiger partial charge in [-0.1, -0.05) is 6.07 Å². The SMILES string of the molecule is N[C@H]1COCc2cc(OC(F)(F)F)ccc21. The molecule has 0 saturated carbocycles. The van der Waals surface area contributed by atoms with Crippen LogP contribution in [-0.2, 0) is 11.3 Å². The van der Waals surface area contributed by atoms with Crippen molar-refractivity contribution >= 4 is 0 Å². The van der Waals surface area contributed by atoms with E-state index in [9.17, 15) is 13.2 Å². The van der Waals surface area contributed by atoms with Crippen molar-refractivity contribution in [2.45, 2.75) is 19.0 Å². The molecule has 0 spiro atoms. The predicted molar refractivity (Wildman–Crippen MR) is 49.7 cm³/mol. The van der Waals surface area contributed by atoms with Gasteiger partial charge in [0.15, 0.2) is 0 Å². The van der Waals surface area contributed by atoms with Gasteiger partial charge in [0.25, 0.3) is 0 Å². The van der Waals surface area contributed by atoms with Crippen molar-refractivity contribution in [1.29, 1.82) is 0 Å². The summed E-state index contributed by atoms with van der Waals surface area (Å²) in [7, 11) is 0. The third kappa shape index (κ3) is 2.45. The molecule has 0 saturated heterocycles. The lowest BCUT2D eigenvalue weighted by atomic mass is 9.99. The summed E-state index contributed by atoms with van der Waals surface area (Å²) >= 11 is 0. The Balaban J connectivity index is 2.25. The summed E-state index contributed by atoms with van der Waals surface area (Å²) in [4.78, 5) is 0. The Bertz CT molecular complexity index is 392. The van der Waals surface area contributed by atoms with E-state index in [0.29, 0.717) is 12.2 Å². The van der Waals surface area contributed by atoms with Crippen LogP contribution in [0, 0.1) is 0 Å². The van der Waals surface area contributed by atoms with Crippen molar-refractivity contribution in [3.63, 3.8) is 0 Å². The minimum absolute atomic E-state index is 0.246. The molecule has 1 atom stereocenters. The summed E-state index contributed by atoms with van der Waals surface area (Å²) in [6.45, 7) is 0.643. The lowest BCUT2D eigenvalue weighted by Crippen LogP contribution is -2.24. The normalized spacial score (nSPS) is 20.4. The van der Waals surface area contributed by atoms with Crippen LogP contribution in [0.15, 0.2) is 18.2 Å². The molecule has 16 heavy (non-hydrogen) atoms. The lowest BCUT2D eigenvalue weighted by molar-refractivity contribution is -0.274. The zero-order valence-electron chi connectivity index (χ0n) is 8.25. The number of hydrogen-bond donors (Lipinski definition) is 1. The summed E-state index contributed by atoms with van der Waals surface area (Å²) in [6, 6.07) is 3.83. The summed E-state index contributed by atoms with van der Waals surface area (Å²) in [6.07, 6.45) is -4.67. The monoisotopic (exact) mass is 233 g/mol. The first-order valence-electron chi connectivity index (χ1n) is 4.67. The number of nitrogens with two attached hydrogens (primary N) is 1. The highest BCUT2D eigenvalue weighted by atomic mass is 19.4. The molecule has 88 valence electrons. The first-order chi connectivity index (χ1) is 7.46. The molecule has 3 nitrogen and oxygen atoms in total. The Morgan fingerprint density at radius 2 is 2.12 bits per heavy atom. The third-order valence-electron chi connectivity index (χ3n) is 2.30. The number of alkyl halides is 3. The predicted octanol–water partition coefficient (Wildman–Crippen LogP) is 2.12. The first-order valence-corrected chi connectivity index (χ1v) is 4.67. The Morgan fingerprint density at radius 3 is 2.81 bits per heavy atom. The molecule has 0 fully saturated rings. The van der Waals surface area contributed by atoms with Gasteiger partial charge in [0.05, 0.1) is 19.3 Å². The molecule has 2 rings (SSSR count). The molecule has 0 aromatic heterocycles. The average Bonchev–Trinajstić information content (AvgIpc) is 2.15. The number of fused-ring (bicyclic) bond motifs is 1. The Labute approximate surface area is 89.9 Å². The smallest absolute Gasteiger partial charge is 0.406 e. The number of hydrogen-bond acceptors (Lipinski definition) is 3. The zero-order chi connectivity index (χ0) is 11.8. The maximum Gasteiger partial charge on any atom is 0.573 e. The topological polar surface area (TPSA) is 44.5 Å². The van der Waals surface area contributed by atoms with Crippen molar-refractivity contribution in [2.75, 3.05) is 6.61 Å². The molecule has 1 aliphatic heterocycles. The van der Waals surface area contributed by atoms with Crippen LogP contribution in [0.2, 0.25) is 0 Å².